The molecule has 0 aromatic heterocycles. The van der Waals surface area contributed by atoms with Gasteiger partial charge < -0.3 is 10.1 Å². The second-order valence-corrected chi connectivity index (χ2v) is 4.10. The van der Waals surface area contributed by atoms with E-state index in [-0.39, 0.29) is 6.10 Å². The lowest BCUT2D eigenvalue weighted by Crippen LogP contribution is -2.40. The van der Waals surface area contributed by atoms with Gasteiger partial charge in [-0.1, -0.05) is 31.2 Å². The highest BCUT2D eigenvalue weighted by Gasteiger charge is 2.22. The predicted octanol–water partition coefficient (Wildman–Crippen LogP) is 2.30. The molecule has 82 valence electrons. The molecule has 1 aromatic carbocycles. The molecule has 1 heterocycles. The van der Waals surface area contributed by atoms with Gasteiger partial charge in [0.1, 0.15) is 0 Å². The molecule has 0 radical (unpaired) electrons. The van der Waals surface area contributed by atoms with Gasteiger partial charge in [-0.2, -0.15) is 0 Å². The summed E-state index contributed by atoms with van der Waals surface area (Å²) in [7, 11) is 0. The van der Waals surface area contributed by atoms with Gasteiger partial charge in [0.2, 0.25) is 0 Å². The summed E-state index contributed by atoms with van der Waals surface area (Å²) in [5, 5.41) is 3.50. The zero-order valence-corrected chi connectivity index (χ0v) is 9.49. The first-order chi connectivity index (χ1) is 7.31. The number of nitrogens with one attached hydrogen (secondary N) is 1. The first kappa shape index (κ1) is 10.7. The molecule has 0 aliphatic carbocycles. The van der Waals surface area contributed by atoms with Gasteiger partial charge in [0.25, 0.3) is 0 Å². The number of morpholine rings is 1. The number of aryl methyl sites for hydroxylation is 1. The topological polar surface area (TPSA) is 21.3 Å². The fourth-order valence-corrected chi connectivity index (χ4v) is 2.07. The van der Waals surface area contributed by atoms with Crippen LogP contribution in [0.25, 0.3) is 0 Å². The monoisotopic (exact) mass is 205 g/mol. The molecule has 2 atom stereocenters. The van der Waals surface area contributed by atoms with Gasteiger partial charge in [-0.25, -0.2) is 0 Å². The van der Waals surface area contributed by atoms with Crippen LogP contribution in [0.3, 0.4) is 0 Å². The van der Waals surface area contributed by atoms with Crippen LogP contribution < -0.4 is 5.32 Å². The predicted molar refractivity (Wildman–Crippen MR) is 62.0 cm³/mol. The average molecular weight is 205 g/mol. The molecule has 2 heteroatoms. The molecular weight excluding hydrogens is 186 g/mol. The molecule has 1 aliphatic rings. The first-order valence-corrected chi connectivity index (χ1v) is 5.75. The molecule has 2 unspecified atom stereocenters. The first-order valence-electron chi connectivity index (χ1n) is 5.75. The van der Waals surface area contributed by atoms with Crippen molar-refractivity contribution < 1.29 is 4.74 Å². The lowest BCUT2D eigenvalue weighted by molar-refractivity contribution is 0.00756. The lowest BCUT2D eigenvalue weighted by atomic mass is 9.99. The van der Waals surface area contributed by atoms with E-state index in [1.54, 1.807) is 0 Å². The third kappa shape index (κ3) is 2.39. The summed E-state index contributed by atoms with van der Waals surface area (Å²) in [6, 6.07) is 9.18. The fraction of sp³-hybridized carbons (Fsp3) is 0.538. The number of ether oxygens (including phenoxy) is 1. The summed E-state index contributed by atoms with van der Waals surface area (Å²) in [4.78, 5) is 0. The Kier molecular flexibility index (Phi) is 3.39. The minimum absolute atomic E-state index is 0.270. The van der Waals surface area contributed by atoms with Crippen LogP contribution in [0.5, 0.6) is 0 Å². The highest BCUT2D eigenvalue weighted by Crippen LogP contribution is 2.21. The van der Waals surface area contributed by atoms with Crippen molar-refractivity contribution in [2.45, 2.75) is 32.4 Å². The standard InChI is InChI=1S/C13H19NO/c1-3-11-4-6-12(7-5-11)13-10(2)15-9-8-14-13/h4-7,10,13-14H,3,8-9H2,1-2H3. The Bertz CT molecular complexity index is 307. The van der Waals surface area contributed by atoms with Crippen molar-refractivity contribution in [1.29, 1.82) is 0 Å². The van der Waals surface area contributed by atoms with Gasteiger partial charge in [0.05, 0.1) is 18.8 Å². The molecule has 1 N–H and O–H groups in total. The molecular formula is C13H19NO. The summed E-state index contributed by atoms with van der Waals surface area (Å²) in [6.07, 6.45) is 1.37. The van der Waals surface area contributed by atoms with Crippen LogP contribution in [0.2, 0.25) is 0 Å². The third-order valence-electron chi connectivity index (χ3n) is 3.06. The number of benzene rings is 1. The van der Waals surface area contributed by atoms with Crippen molar-refractivity contribution in [1.82, 2.24) is 5.32 Å². The average Bonchev–Trinajstić information content (AvgIpc) is 2.30. The smallest absolute Gasteiger partial charge is 0.0742 e. The lowest BCUT2D eigenvalue weighted by Gasteiger charge is -2.30. The van der Waals surface area contributed by atoms with Crippen LogP contribution in [0, 0.1) is 0 Å². The van der Waals surface area contributed by atoms with Crippen LogP contribution in [0.4, 0.5) is 0 Å². The van der Waals surface area contributed by atoms with Crippen molar-refractivity contribution in [3.05, 3.63) is 35.4 Å². The van der Waals surface area contributed by atoms with Gasteiger partial charge in [-0.3, -0.25) is 0 Å². The number of hydrogen-bond acceptors (Lipinski definition) is 2. The summed E-state index contributed by atoms with van der Waals surface area (Å²) in [6.45, 7) is 6.08. The van der Waals surface area contributed by atoms with E-state index >= 15 is 0 Å². The van der Waals surface area contributed by atoms with Gasteiger partial charge >= 0.3 is 0 Å². The summed E-state index contributed by atoms with van der Waals surface area (Å²) in [5.41, 5.74) is 2.72. The molecule has 2 rings (SSSR count). The van der Waals surface area contributed by atoms with E-state index < -0.39 is 0 Å². The molecule has 1 saturated heterocycles. The van der Waals surface area contributed by atoms with Crippen molar-refractivity contribution >= 4 is 0 Å². The van der Waals surface area contributed by atoms with Crippen LogP contribution in [-0.4, -0.2) is 19.3 Å². The number of hydrogen-bond donors (Lipinski definition) is 1. The van der Waals surface area contributed by atoms with E-state index in [1.165, 1.54) is 11.1 Å². The zero-order valence-electron chi connectivity index (χ0n) is 9.49. The Morgan fingerprint density at radius 3 is 2.67 bits per heavy atom. The molecule has 0 amide bonds. The Balaban J connectivity index is 2.13. The Morgan fingerprint density at radius 1 is 1.33 bits per heavy atom. The number of rotatable bonds is 2. The Hall–Kier alpha value is -0.860. The molecule has 15 heavy (non-hydrogen) atoms. The minimum atomic E-state index is 0.270. The summed E-state index contributed by atoms with van der Waals surface area (Å²) in [5.74, 6) is 0. The molecule has 0 spiro atoms. The van der Waals surface area contributed by atoms with E-state index in [0.717, 1.165) is 19.6 Å². The van der Waals surface area contributed by atoms with E-state index in [4.69, 9.17) is 4.74 Å². The SMILES string of the molecule is CCc1ccc(C2NCCOC2C)cc1. The van der Waals surface area contributed by atoms with E-state index in [2.05, 4.69) is 43.4 Å². The molecule has 1 aromatic rings. The van der Waals surface area contributed by atoms with E-state index in [9.17, 15) is 0 Å². The quantitative estimate of drug-likeness (QED) is 0.800. The molecule has 0 bridgehead atoms. The fourth-order valence-electron chi connectivity index (χ4n) is 2.07. The van der Waals surface area contributed by atoms with Gasteiger partial charge in [-0.15, -0.1) is 0 Å². The van der Waals surface area contributed by atoms with Crippen LogP contribution >= 0.6 is 0 Å². The molecule has 1 aliphatic heterocycles. The zero-order chi connectivity index (χ0) is 10.7. The van der Waals surface area contributed by atoms with Crippen LogP contribution in [0.15, 0.2) is 24.3 Å². The minimum Gasteiger partial charge on any atom is -0.375 e. The van der Waals surface area contributed by atoms with Gasteiger partial charge in [0, 0.05) is 6.54 Å². The molecule has 1 fully saturated rings. The Morgan fingerprint density at radius 2 is 2.07 bits per heavy atom. The Labute approximate surface area is 91.6 Å². The van der Waals surface area contributed by atoms with E-state index in [1.807, 2.05) is 0 Å². The largest absolute Gasteiger partial charge is 0.375 e. The normalized spacial score (nSPS) is 26.5. The maximum Gasteiger partial charge on any atom is 0.0742 e. The van der Waals surface area contributed by atoms with Gasteiger partial charge in [-0.05, 0) is 24.5 Å². The molecule has 2 nitrogen and oxygen atoms in total. The highest BCUT2D eigenvalue weighted by atomic mass is 16.5. The van der Waals surface area contributed by atoms with Crippen LogP contribution in [-0.2, 0) is 11.2 Å². The molecule has 0 saturated carbocycles. The van der Waals surface area contributed by atoms with Crippen molar-refractivity contribution in [2.24, 2.45) is 0 Å². The maximum absolute atomic E-state index is 5.64. The van der Waals surface area contributed by atoms with Crippen molar-refractivity contribution in [2.75, 3.05) is 13.2 Å². The summed E-state index contributed by atoms with van der Waals surface area (Å²) < 4.78 is 5.64. The third-order valence-corrected chi connectivity index (χ3v) is 3.06. The van der Waals surface area contributed by atoms with Crippen LogP contribution in [0.1, 0.15) is 31.0 Å². The van der Waals surface area contributed by atoms with Crippen molar-refractivity contribution in [3.8, 4) is 0 Å². The highest BCUT2D eigenvalue weighted by molar-refractivity contribution is 5.26. The second-order valence-electron chi connectivity index (χ2n) is 4.10. The van der Waals surface area contributed by atoms with Gasteiger partial charge in [0.15, 0.2) is 0 Å². The summed E-state index contributed by atoms with van der Waals surface area (Å²) >= 11 is 0. The maximum atomic E-state index is 5.64. The second kappa shape index (κ2) is 4.77. The van der Waals surface area contributed by atoms with Crippen molar-refractivity contribution in [3.63, 3.8) is 0 Å². The van der Waals surface area contributed by atoms with E-state index in [0.29, 0.717) is 6.04 Å².